The van der Waals surface area contributed by atoms with Crippen molar-refractivity contribution in [1.29, 1.82) is 0 Å². The van der Waals surface area contributed by atoms with Gasteiger partial charge in [0.15, 0.2) is 5.82 Å². The van der Waals surface area contributed by atoms with Crippen molar-refractivity contribution in [3.05, 3.63) is 53.3 Å². The Labute approximate surface area is 125 Å². The lowest BCUT2D eigenvalue weighted by Crippen LogP contribution is -1.95. The van der Waals surface area contributed by atoms with E-state index in [1.807, 2.05) is 43.5 Å². The van der Waals surface area contributed by atoms with Gasteiger partial charge in [0, 0.05) is 28.7 Å². The van der Waals surface area contributed by atoms with E-state index >= 15 is 0 Å². The molecule has 3 heterocycles. The highest BCUT2D eigenvalue weighted by atomic mass is 32.2. The summed E-state index contributed by atoms with van der Waals surface area (Å²) >= 11 is 3.21. The fourth-order valence-electron chi connectivity index (χ4n) is 1.68. The highest BCUT2D eigenvalue weighted by Gasteiger charge is 2.07. The smallest absolute Gasteiger partial charge is 0.179 e. The minimum Gasteiger partial charge on any atom is -0.253 e. The van der Waals surface area contributed by atoms with E-state index in [0.29, 0.717) is 5.82 Å². The Balaban J connectivity index is 1.83. The Bertz CT molecular complexity index is 684. The van der Waals surface area contributed by atoms with E-state index in [-0.39, 0.29) is 0 Å². The number of rotatable bonds is 4. The van der Waals surface area contributed by atoms with Crippen molar-refractivity contribution in [2.75, 3.05) is 0 Å². The molecule has 100 valence electrons. The summed E-state index contributed by atoms with van der Waals surface area (Å²) in [5, 5.41) is 0.964. The van der Waals surface area contributed by atoms with Gasteiger partial charge in [-0.2, -0.15) is 0 Å². The van der Waals surface area contributed by atoms with Crippen LogP contribution in [0.25, 0.3) is 11.5 Å². The van der Waals surface area contributed by atoms with Gasteiger partial charge in [0.25, 0.3) is 0 Å². The van der Waals surface area contributed by atoms with Crippen molar-refractivity contribution < 1.29 is 0 Å². The largest absolute Gasteiger partial charge is 0.253 e. The van der Waals surface area contributed by atoms with Crippen molar-refractivity contribution in [1.82, 2.24) is 19.3 Å². The van der Waals surface area contributed by atoms with E-state index in [2.05, 4.69) is 19.3 Å². The first-order valence-corrected chi connectivity index (χ1v) is 7.86. The molecule has 0 radical (unpaired) electrons. The first-order chi connectivity index (χ1) is 9.81. The van der Waals surface area contributed by atoms with Crippen LogP contribution in [0.2, 0.25) is 0 Å². The molecule has 0 aromatic carbocycles. The molecule has 0 atom stereocenters. The van der Waals surface area contributed by atoms with Crippen LogP contribution < -0.4 is 0 Å². The van der Waals surface area contributed by atoms with Crippen LogP contribution in [0.4, 0.5) is 0 Å². The van der Waals surface area contributed by atoms with Crippen LogP contribution in [0.1, 0.15) is 10.6 Å². The van der Waals surface area contributed by atoms with Gasteiger partial charge >= 0.3 is 0 Å². The van der Waals surface area contributed by atoms with Crippen LogP contribution in [0, 0.1) is 6.92 Å². The van der Waals surface area contributed by atoms with Crippen molar-refractivity contribution in [2.24, 2.45) is 0 Å². The van der Waals surface area contributed by atoms with Gasteiger partial charge in [-0.25, -0.2) is 14.3 Å². The summed E-state index contributed by atoms with van der Waals surface area (Å²) in [6.45, 7) is 1.98. The third-order valence-electron chi connectivity index (χ3n) is 2.58. The van der Waals surface area contributed by atoms with E-state index < -0.39 is 0 Å². The summed E-state index contributed by atoms with van der Waals surface area (Å²) in [6.07, 6.45) is 3.58. The summed E-state index contributed by atoms with van der Waals surface area (Å²) in [5.41, 5.74) is 1.75. The van der Waals surface area contributed by atoms with Crippen molar-refractivity contribution >= 4 is 23.3 Å². The second-order valence-corrected chi connectivity index (χ2v) is 6.07. The lowest BCUT2D eigenvalue weighted by Gasteiger charge is -2.04. The molecule has 0 N–H and O–H groups in total. The number of pyridine rings is 1. The Morgan fingerprint density at radius 1 is 1.15 bits per heavy atom. The third-order valence-corrected chi connectivity index (χ3v) is 4.46. The number of thioether (sulfide) groups is 1. The zero-order valence-electron chi connectivity index (χ0n) is 10.9. The number of hydrogen-bond donors (Lipinski definition) is 0. The van der Waals surface area contributed by atoms with Crippen molar-refractivity contribution in [2.45, 2.75) is 17.7 Å². The normalized spacial score (nSPS) is 10.7. The minimum atomic E-state index is 0.678. The highest BCUT2D eigenvalue weighted by Crippen LogP contribution is 2.24. The van der Waals surface area contributed by atoms with E-state index in [1.165, 1.54) is 16.4 Å². The van der Waals surface area contributed by atoms with Crippen LogP contribution in [-0.4, -0.2) is 19.3 Å². The molecule has 6 heteroatoms. The van der Waals surface area contributed by atoms with Crippen LogP contribution in [0.15, 0.2) is 47.8 Å². The predicted octanol–water partition coefficient (Wildman–Crippen LogP) is 3.60. The summed E-state index contributed by atoms with van der Waals surface area (Å²) < 4.78 is 4.10. The Kier molecular flexibility index (Phi) is 4.03. The molecule has 0 bridgehead atoms. The van der Waals surface area contributed by atoms with Gasteiger partial charge in [-0.15, -0.1) is 11.8 Å². The Morgan fingerprint density at radius 3 is 2.85 bits per heavy atom. The van der Waals surface area contributed by atoms with Crippen LogP contribution in [0.5, 0.6) is 0 Å². The number of aromatic nitrogens is 4. The van der Waals surface area contributed by atoms with E-state index in [1.54, 1.807) is 18.0 Å². The molecule has 0 spiro atoms. The molecule has 0 saturated heterocycles. The SMILES string of the molecule is Cc1cc(SCc2ccns2)nc(-c2ccccn2)n1. The third kappa shape index (κ3) is 3.20. The van der Waals surface area contributed by atoms with Gasteiger partial charge in [-0.3, -0.25) is 4.98 Å². The van der Waals surface area contributed by atoms with Gasteiger partial charge in [0.05, 0.1) is 0 Å². The van der Waals surface area contributed by atoms with E-state index in [9.17, 15) is 0 Å². The second-order valence-electron chi connectivity index (χ2n) is 4.15. The van der Waals surface area contributed by atoms with Crippen molar-refractivity contribution in [3.63, 3.8) is 0 Å². The maximum atomic E-state index is 4.58. The zero-order chi connectivity index (χ0) is 13.8. The molecule has 0 aliphatic heterocycles. The molecule has 0 aliphatic rings. The first-order valence-electron chi connectivity index (χ1n) is 6.11. The molecular formula is C14H12N4S2. The average molecular weight is 300 g/mol. The van der Waals surface area contributed by atoms with Gasteiger partial charge < -0.3 is 0 Å². The van der Waals surface area contributed by atoms with Gasteiger partial charge in [-0.1, -0.05) is 6.07 Å². The zero-order valence-corrected chi connectivity index (χ0v) is 12.5. The maximum Gasteiger partial charge on any atom is 0.179 e. The minimum absolute atomic E-state index is 0.678. The van der Waals surface area contributed by atoms with Crippen LogP contribution in [0.3, 0.4) is 0 Å². The van der Waals surface area contributed by atoms with E-state index in [4.69, 9.17) is 0 Å². The molecule has 0 aliphatic carbocycles. The monoisotopic (exact) mass is 300 g/mol. The van der Waals surface area contributed by atoms with E-state index in [0.717, 1.165) is 22.2 Å². The lowest BCUT2D eigenvalue weighted by atomic mass is 10.3. The highest BCUT2D eigenvalue weighted by molar-refractivity contribution is 7.98. The number of nitrogens with zero attached hydrogens (tertiary/aromatic N) is 4. The van der Waals surface area contributed by atoms with Gasteiger partial charge in [0.1, 0.15) is 10.7 Å². The molecule has 4 nitrogen and oxygen atoms in total. The standard InChI is InChI=1S/C14H12N4S2/c1-10-8-13(19-9-11-5-7-16-20-11)18-14(17-10)12-4-2-3-6-15-12/h2-8H,9H2,1H3. The summed E-state index contributed by atoms with van der Waals surface area (Å²) in [7, 11) is 0. The van der Waals surface area contributed by atoms with Gasteiger partial charge in [0.2, 0.25) is 0 Å². The molecule has 3 aromatic heterocycles. The number of hydrogen-bond acceptors (Lipinski definition) is 6. The maximum absolute atomic E-state index is 4.58. The quantitative estimate of drug-likeness (QED) is 0.544. The molecule has 3 rings (SSSR count). The topological polar surface area (TPSA) is 51.6 Å². The fourth-order valence-corrected chi connectivity index (χ4v) is 3.24. The molecule has 20 heavy (non-hydrogen) atoms. The summed E-state index contributed by atoms with van der Waals surface area (Å²) in [6, 6.07) is 9.78. The Hall–Kier alpha value is -1.79. The molecule has 0 fully saturated rings. The Morgan fingerprint density at radius 2 is 2.10 bits per heavy atom. The predicted molar refractivity (Wildman–Crippen MR) is 81.7 cm³/mol. The van der Waals surface area contributed by atoms with Gasteiger partial charge in [-0.05, 0) is 42.7 Å². The molecular weight excluding hydrogens is 288 g/mol. The molecule has 3 aromatic rings. The summed E-state index contributed by atoms with van der Waals surface area (Å²) in [5.74, 6) is 1.56. The van der Waals surface area contributed by atoms with Crippen molar-refractivity contribution in [3.8, 4) is 11.5 Å². The molecule has 0 unspecified atom stereocenters. The fraction of sp³-hybridized carbons (Fsp3) is 0.143. The molecule has 0 amide bonds. The van der Waals surface area contributed by atoms with Crippen LogP contribution >= 0.6 is 23.3 Å². The summed E-state index contributed by atoms with van der Waals surface area (Å²) in [4.78, 5) is 14.6. The first kappa shape index (κ1) is 13.2. The van der Waals surface area contributed by atoms with Crippen LogP contribution in [-0.2, 0) is 5.75 Å². The molecule has 0 saturated carbocycles. The lowest BCUT2D eigenvalue weighted by molar-refractivity contribution is 1.00. The average Bonchev–Trinajstić information content (AvgIpc) is 2.99. The number of aryl methyl sites for hydroxylation is 1. The second kappa shape index (κ2) is 6.11.